The standard InChI is InChI=1S/C15H24N4O2/c1-21-9-8-18-6-3-7-19-14(15(18)20)10-13(17-19)12-4-2-5-16-11-12/h10,12,16H,2-9,11H2,1H3. The van der Waals surface area contributed by atoms with Crippen molar-refractivity contribution in [2.75, 3.05) is 39.9 Å². The van der Waals surface area contributed by atoms with Crippen molar-refractivity contribution in [2.45, 2.75) is 31.7 Å². The molecule has 2 aliphatic heterocycles. The Morgan fingerprint density at radius 3 is 3.10 bits per heavy atom. The second kappa shape index (κ2) is 6.58. The molecule has 1 amide bonds. The van der Waals surface area contributed by atoms with Crippen molar-refractivity contribution in [1.29, 1.82) is 0 Å². The largest absolute Gasteiger partial charge is 0.383 e. The molecule has 2 aliphatic rings. The number of rotatable bonds is 4. The highest BCUT2D eigenvalue weighted by atomic mass is 16.5. The Balaban J connectivity index is 1.78. The first-order chi connectivity index (χ1) is 10.3. The molecule has 1 aromatic heterocycles. The van der Waals surface area contributed by atoms with Gasteiger partial charge >= 0.3 is 0 Å². The molecule has 6 nitrogen and oxygen atoms in total. The number of fused-ring (bicyclic) bond motifs is 1. The molecule has 0 spiro atoms. The summed E-state index contributed by atoms with van der Waals surface area (Å²) >= 11 is 0. The Hall–Kier alpha value is -1.40. The Labute approximate surface area is 125 Å². The summed E-state index contributed by atoms with van der Waals surface area (Å²) in [4.78, 5) is 14.5. The second-order valence-corrected chi connectivity index (χ2v) is 5.86. The van der Waals surface area contributed by atoms with Crippen LogP contribution in [0.1, 0.15) is 41.4 Å². The number of piperidine rings is 1. The number of nitrogens with one attached hydrogen (secondary N) is 1. The third kappa shape index (κ3) is 3.11. The van der Waals surface area contributed by atoms with E-state index in [1.165, 1.54) is 6.42 Å². The minimum Gasteiger partial charge on any atom is -0.383 e. The van der Waals surface area contributed by atoms with Crippen LogP contribution in [0.15, 0.2) is 6.07 Å². The van der Waals surface area contributed by atoms with Gasteiger partial charge in [0.2, 0.25) is 0 Å². The van der Waals surface area contributed by atoms with Crippen molar-refractivity contribution in [2.24, 2.45) is 0 Å². The van der Waals surface area contributed by atoms with Crippen LogP contribution in [0.4, 0.5) is 0 Å². The summed E-state index contributed by atoms with van der Waals surface area (Å²) in [6.45, 7) is 4.91. The summed E-state index contributed by atoms with van der Waals surface area (Å²) < 4.78 is 7.00. The number of carbonyl (C=O) groups is 1. The minimum atomic E-state index is 0.0899. The smallest absolute Gasteiger partial charge is 0.272 e. The van der Waals surface area contributed by atoms with Crippen LogP contribution in [-0.2, 0) is 11.3 Å². The highest BCUT2D eigenvalue weighted by Crippen LogP contribution is 2.24. The van der Waals surface area contributed by atoms with Gasteiger partial charge in [0.15, 0.2) is 0 Å². The summed E-state index contributed by atoms with van der Waals surface area (Å²) in [5.74, 6) is 0.533. The van der Waals surface area contributed by atoms with Crippen molar-refractivity contribution in [3.8, 4) is 0 Å². The number of ether oxygens (including phenoxy) is 1. The van der Waals surface area contributed by atoms with Crippen LogP contribution in [0.25, 0.3) is 0 Å². The van der Waals surface area contributed by atoms with Gasteiger partial charge in [0.25, 0.3) is 5.91 Å². The molecule has 0 saturated carbocycles. The molecule has 0 radical (unpaired) electrons. The van der Waals surface area contributed by atoms with Gasteiger partial charge in [0.05, 0.1) is 12.3 Å². The fourth-order valence-corrected chi connectivity index (χ4v) is 3.17. The number of aryl methyl sites for hydroxylation is 1. The van der Waals surface area contributed by atoms with E-state index < -0.39 is 0 Å². The van der Waals surface area contributed by atoms with Gasteiger partial charge in [-0.05, 0) is 31.9 Å². The van der Waals surface area contributed by atoms with Gasteiger partial charge in [-0.1, -0.05) is 0 Å². The highest BCUT2D eigenvalue weighted by Gasteiger charge is 2.27. The molecule has 1 N–H and O–H groups in total. The Morgan fingerprint density at radius 1 is 1.43 bits per heavy atom. The van der Waals surface area contributed by atoms with Crippen molar-refractivity contribution in [3.63, 3.8) is 0 Å². The molecule has 116 valence electrons. The third-order valence-corrected chi connectivity index (χ3v) is 4.38. The van der Waals surface area contributed by atoms with Gasteiger partial charge in [-0.2, -0.15) is 5.10 Å². The molecule has 1 unspecified atom stereocenters. The third-order valence-electron chi connectivity index (χ3n) is 4.38. The van der Waals surface area contributed by atoms with E-state index in [0.29, 0.717) is 19.1 Å². The molecule has 0 aliphatic carbocycles. The van der Waals surface area contributed by atoms with Crippen LogP contribution >= 0.6 is 0 Å². The molecule has 1 saturated heterocycles. The Kier molecular flexibility index (Phi) is 4.55. The van der Waals surface area contributed by atoms with E-state index in [9.17, 15) is 4.79 Å². The van der Waals surface area contributed by atoms with Crippen molar-refractivity contribution in [3.05, 3.63) is 17.5 Å². The van der Waals surface area contributed by atoms with Gasteiger partial charge < -0.3 is 15.0 Å². The number of hydrogen-bond donors (Lipinski definition) is 1. The second-order valence-electron chi connectivity index (χ2n) is 5.86. The lowest BCUT2D eigenvalue weighted by Crippen LogP contribution is -2.34. The first-order valence-electron chi connectivity index (χ1n) is 7.86. The topological polar surface area (TPSA) is 59.4 Å². The van der Waals surface area contributed by atoms with Crippen molar-refractivity contribution < 1.29 is 9.53 Å². The molecule has 1 fully saturated rings. The SMILES string of the molecule is COCCN1CCCn2nc(C3CCCNC3)cc2C1=O. The first-order valence-corrected chi connectivity index (χ1v) is 7.86. The van der Waals surface area contributed by atoms with Gasteiger partial charge in [-0.15, -0.1) is 0 Å². The Bertz CT molecular complexity index is 494. The summed E-state index contributed by atoms with van der Waals surface area (Å²) in [6, 6.07) is 2.01. The first kappa shape index (κ1) is 14.5. The average molecular weight is 292 g/mol. The van der Waals surface area contributed by atoms with Gasteiger partial charge in [-0.3, -0.25) is 9.48 Å². The quantitative estimate of drug-likeness (QED) is 0.893. The molecular weight excluding hydrogens is 268 g/mol. The molecular formula is C15H24N4O2. The molecule has 1 atom stereocenters. The zero-order chi connectivity index (χ0) is 14.7. The lowest BCUT2D eigenvalue weighted by Gasteiger charge is -2.21. The molecule has 1 aromatic rings. The average Bonchev–Trinajstić information content (AvgIpc) is 2.89. The summed E-state index contributed by atoms with van der Waals surface area (Å²) in [5.41, 5.74) is 1.81. The van der Waals surface area contributed by atoms with E-state index in [1.54, 1.807) is 7.11 Å². The minimum absolute atomic E-state index is 0.0899. The van der Waals surface area contributed by atoms with Crippen LogP contribution < -0.4 is 5.32 Å². The lowest BCUT2D eigenvalue weighted by molar-refractivity contribution is 0.0699. The number of carbonyl (C=O) groups excluding carboxylic acids is 1. The summed E-state index contributed by atoms with van der Waals surface area (Å²) in [7, 11) is 1.67. The van der Waals surface area contributed by atoms with Gasteiger partial charge in [-0.25, -0.2) is 0 Å². The molecule has 0 bridgehead atoms. The maximum absolute atomic E-state index is 12.6. The summed E-state index contributed by atoms with van der Waals surface area (Å²) in [6.07, 6.45) is 3.29. The van der Waals surface area contributed by atoms with Crippen molar-refractivity contribution in [1.82, 2.24) is 20.0 Å². The van der Waals surface area contributed by atoms with E-state index in [1.807, 2.05) is 15.6 Å². The maximum Gasteiger partial charge on any atom is 0.272 e. The molecule has 3 rings (SSSR count). The van der Waals surface area contributed by atoms with Gasteiger partial charge in [0.1, 0.15) is 5.69 Å². The van der Waals surface area contributed by atoms with E-state index in [4.69, 9.17) is 9.84 Å². The number of amides is 1. The highest BCUT2D eigenvalue weighted by molar-refractivity contribution is 5.93. The summed E-state index contributed by atoms with van der Waals surface area (Å²) in [5, 5.41) is 8.11. The molecule has 21 heavy (non-hydrogen) atoms. The number of methoxy groups -OCH3 is 1. The van der Waals surface area contributed by atoms with Gasteiger partial charge in [0, 0.05) is 39.2 Å². The predicted octanol–water partition coefficient (Wildman–Crippen LogP) is 0.842. The van der Waals surface area contributed by atoms with Crippen LogP contribution in [-0.4, -0.2) is 60.5 Å². The molecule has 3 heterocycles. The van der Waals surface area contributed by atoms with Crippen molar-refractivity contribution >= 4 is 5.91 Å². The number of hydrogen-bond acceptors (Lipinski definition) is 4. The fourth-order valence-electron chi connectivity index (χ4n) is 3.17. The lowest BCUT2D eigenvalue weighted by atomic mass is 9.96. The molecule has 0 aromatic carbocycles. The van der Waals surface area contributed by atoms with E-state index >= 15 is 0 Å². The van der Waals surface area contributed by atoms with E-state index in [2.05, 4.69) is 5.32 Å². The van der Waals surface area contributed by atoms with Crippen LogP contribution in [0.3, 0.4) is 0 Å². The zero-order valence-corrected chi connectivity index (χ0v) is 12.7. The van der Waals surface area contributed by atoms with Crippen LogP contribution in [0.2, 0.25) is 0 Å². The fraction of sp³-hybridized carbons (Fsp3) is 0.733. The van der Waals surface area contributed by atoms with E-state index in [0.717, 1.165) is 50.4 Å². The monoisotopic (exact) mass is 292 g/mol. The van der Waals surface area contributed by atoms with E-state index in [-0.39, 0.29) is 5.91 Å². The number of aromatic nitrogens is 2. The number of nitrogens with zero attached hydrogens (tertiary/aromatic N) is 3. The molecule has 6 heteroatoms. The zero-order valence-electron chi connectivity index (χ0n) is 12.7. The van der Waals surface area contributed by atoms with Crippen LogP contribution in [0, 0.1) is 0 Å². The van der Waals surface area contributed by atoms with Crippen LogP contribution in [0.5, 0.6) is 0 Å². The maximum atomic E-state index is 12.6. The Morgan fingerprint density at radius 2 is 2.33 bits per heavy atom. The predicted molar refractivity (Wildman–Crippen MR) is 79.5 cm³/mol. The normalized spacial score (nSPS) is 23.0.